The van der Waals surface area contributed by atoms with Crippen LogP contribution in [0.4, 0.5) is 8.78 Å². The van der Waals surface area contributed by atoms with Gasteiger partial charge in [-0.2, -0.15) is 0 Å². The zero-order valence-electron chi connectivity index (χ0n) is 10.9. The van der Waals surface area contributed by atoms with Gasteiger partial charge in [-0.15, -0.1) is 0 Å². The molecular formula is C16H12ClF2NO. The highest BCUT2D eigenvalue weighted by Gasteiger charge is 2.40. The summed E-state index contributed by atoms with van der Waals surface area (Å²) in [4.78, 5) is 12.0. The topological polar surface area (TPSA) is 29.1 Å². The summed E-state index contributed by atoms with van der Waals surface area (Å²) < 4.78 is 27.0. The Morgan fingerprint density at radius 3 is 2.33 bits per heavy atom. The van der Waals surface area contributed by atoms with Crippen LogP contribution in [0.3, 0.4) is 0 Å². The highest BCUT2D eigenvalue weighted by atomic mass is 35.5. The molecule has 0 aromatic heterocycles. The van der Waals surface area contributed by atoms with Crippen molar-refractivity contribution in [2.24, 2.45) is 0 Å². The first kappa shape index (κ1) is 14.0. The van der Waals surface area contributed by atoms with Crippen LogP contribution in [0, 0.1) is 11.6 Å². The second kappa shape index (κ2) is 5.45. The van der Waals surface area contributed by atoms with Crippen molar-refractivity contribution in [2.75, 3.05) is 0 Å². The van der Waals surface area contributed by atoms with Crippen LogP contribution < -0.4 is 5.32 Å². The van der Waals surface area contributed by atoms with E-state index in [9.17, 15) is 13.6 Å². The molecule has 1 aliphatic rings. The fraction of sp³-hybridized carbons (Fsp3) is 0.188. The van der Waals surface area contributed by atoms with E-state index < -0.39 is 23.1 Å². The summed E-state index contributed by atoms with van der Waals surface area (Å²) in [6.07, 6.45) is 0.753. The molecule has 1 amide bonds. The van der Waals surface area contributed by atoms with E-state index in [0.29, 0.717) is 5.02 Å². The zero-order valence-corrected chi connectivity index (χ0v) is 11.7. The van der Waals surface area contributed by atoms with E-state index in [-0.39, 0.29) is 12.0 Å². The van der Waals surface area contributed by atoms with Crippen molar-refractivity contribution >= 4 is 17.5 Å². The van der Waals surface area contributed by atoms with Crippen molar-refractivity contribution in [3.63, 3.8) is 0 Å². The fourth-order valence-electron chi connectivity index (χ4n) is 2.39. The molecular weight excluding hydrogens is 296 g/mol. The molecule has 0 aliphatic heterocycles. The number of rotatable bonds is 3. The number of hydrogen-bond donors (Lipinski definition) is 1. The average Bonchev–Trinajstić information content (AvgIpc) is 3.18. The summed E-state index contributed by atoms with van der Waals surface area (Å²) in [6, 6.07) is 10.6. The van der Waals surface area contributed by atoms with Crippen LogP contribution in [0.25, 0.3) is 0 Å². The lowest BCUT2D eigenvalue weighted by Crippen LogP contribution is -2.28. The van der Waals surface area contributed by atoms with Crippen molar-refractivity contribution < 1.29 is 13.6 Å². The SMILES string of the molecule is O=C(NC1CC1c1ccc(Cl)cc1)c1c(F)cccc1F. The Morgan fingerprint density at radius 1 is 1.10 bits per heavy atom. The molecule has 2 aromatic rings. The van der Waals surface area contributed by atoms with E-state index in [2.05, 4.69) is 5.32 Å². The summed E-state index contributed by atoms with van der Waals surface area (Å²) >= 11 is 5.82. The molecule has 2 aromatic carbocycles. The first-order chi connectivity index (χ1) is 10.1. The second-order valence-corrected chi connectivity index (χ2v) is 5.51. The van der Waals surface area contributed by atoms with Crippen molar-refractivity contribution in [2.45, 2.75) is 18.4 Å². The number of halogens is 3. The van der Waals surface area contributed by atoms with Gasteiger partial charge >= 0.3 is 0 Å². The summed E-state index contributed by atoms with van der Waals surface area (Å²) in [5.74, 6) is -2.25. The standard InChI is InChI=1S/C16H12ClF2NO/c17-10-6-4-9(5-7-10)11-8-14(11)20-16(21)15-12(18)2-1-3-13(15)19/h1-7,11,14H,8H2,(H,20,21). The van der Waals surface area contributed by atoms with Crippen LogP contribution in [-0.4, -0.2) is 11.9 Å². The molecule has 5 heteroatoms. The minimum Gasteiger partial charge on any atom is -0.348 e. The maximum atomic E-state index is 13.5. The Kier molecular flexibility index (Phi) is 3.64. The minimum absolute atomic E-state index is 0.0994. The Hall–Kier alpha value is -1.94. The predicted octanol–water partition coefficient (Wildman–Crippen LogP) is 3.90. The monoisotopic (exact) mass is 307 g/mol. The third kappa shape index (κ3) is 2.90. The van der Waals surface area contributed by atoms with Gasteiger partial charge in [0.15, 0.2) is 0 Å². The Bertz CT molecular complexity index is 667. The summed E-state index contributed by atoms with van der Waals surface area (Å²) in [5, 5.41) is 3.31. The fourth-order valence-corrected chi connectivity index (χ4v) is 2.51. The van der Waals surface area contributed by atoms with Gasteiger partial charge in [0.25, 0.3) is 5.91 Å². The summed E-state index contributed by atoms with van der Waals surface area (Å²) in [5.41, 5.74) is 0.526. The van der Waals surface area contributed by atoms with Gasteiger partial charge in [0.2, 0.25) is 0 Å². The van der Waals surface area contributed by atoms with Crippen molar-refractivity contribution in [1.29, 1.82) is 0 Å². The lowest BCUT2D eigenvalue weighted by Gasteiger charge is -2.07. The van der Waals surface area contributed by atoms with Gasteiger partial charge in [-0.1, -0.05) is 29.8 Å². The molecule has 2 nitrogen and oxygen atoms in total. The number of carbonyl (C=O) groups is 1. The van der Waals surface area contributed by atoms with Crippen molar-refractivity contribution in [1.82, 2.24) is 5.32 Å². The maximum absolute atomic E-state index is 13.5. The van der Waals surface area contributed by atoms with Gasteiger partial charge in [0.1, 0.15) is 17.2 Å². The van der Waals surface area contributed by atoms with Gasteiger partial charge in [0.05, 0.1) is 0 Å². The molecule has 3 rings (SSSR count). The van der Waals surface area contributed by atoms with Crippen LogP contribution in [0.15, 0.2) is 42.5 Å². The lowest BCUT2D eigenvalue weighted by molar-refractivity contribution is 0.0942. The Labute approximate surface area is 125 Å². The molecule has 0 bridgehead atoms. The molecule has 0 radical (unpaired) electrons. The number of carbonyl (C=O) groups excluding carboxylic acids is 1. The van der Waals surface area contributed by atoms with Crippen LogP contribution in [-0.2, 0) is 0 Å². The van der Waals surface area contributed by atoms with Gasteiger partial charge < -0.3 is 5.32 Å². The summed E-state index contributed by atoms with van der Waals surface area (Å²) in [6.45, 7) is 0. The van der Waals surface area contributed by atoms with E-state index in [1.807, 2.05) is 12.1 Å². The van der Waals surface area contributed by atoms with E-state index >= 15 is 0 Å². The molecule has 1 aliphatic carbocycles. The van der Waals surface area contributed by atoms with Crippen LogP contribution in [0.2, 0.25) is 5.02 Å². The molecule has 21 heavy (non-hydrogen) atoms. The lowest BCUT2D eigenvalue weighted by atomic mass is 10.1. The Balaban J connectivity index is 1.69. The van der Waals surface area contributed by atoms with Crippen molar-refractivity contribution in [3.05, 3.63) is 70.2 Å². The first-order valence-corrected chi connectivity index (χ1v) is 6.94. The molecule has 108 valence electrons. The predicted molar refractivity (Wildman–Crippen MR) is 76.4 cm³/mol. The van der Waals surface area contributed by atoms with Gasteiger partial charge in [-0.25, -0.2) is 8.78 Å². The second-order valence-electron chi connectivity index (χ2n) is 5.07. The van der Waals surface area contributed by atoms with E-state index in [1.54, 1.807) is 12.1 Å². The zero-order chi connectivity index (χ0) is 15.0. The smallest absolute Gasteiger partial charge is 0.257 e. The molecule has 0 heterocycles. The molecule has 1 fully saturated rings. The number of amides is 1. The molecule has 2 unspecified atom stereocenters. The number of benzene rings is 2. The highest BCUT2D eigenvalue weighted by molar-refractivity contribution is 6.30. The van der Waals surface area contributed by atoms with E-state index in [0.717, 1.165) is 24.1 Å². The molecule has 0 spiro atoms. The number of nitrogens with one attached hydrogen (secondary N) is 1. The molecule has 0 saturated heterocycles. The van der Waals surface area contributed by atoms with Crippen molar-refractivity contribution in [3.8, 4) is 0 Å². The van der Waals surface area contributed by atoms with Crippen LogP contribution in [0.5, 0.6) is 0 Å². The minimum atomic E-state index is -0.851. The van der Waals surface area contributed by atoms with Gasteiger partial charge in [-0.3, -0.25) is 4.79 Å². The first-order valence-electron chi connectivity index (χ1n) is 6.56. The maximum Gasteiger partial charge on any atom is 0.257 e. The van der Waals surface area contributed by atoms with Crippen LogP contribution >= 0.6 is 11.6 Å². The van der Waals surface area contributed by atoms with Gasteiger partial charge in [-0.05, 0) is 36.2 Å². The highest BCUT2D eigenvalue weighted by Crippen LogP contribution is 2.41. The number of hydrogen-bond acceptors (Lipinski definition) is 1. The third-order valence-electron chi connectivity index (χ3n) is 3.59. The van der Waals surface area contributed by atoms with Gasteiger partial charge in [0, 0.05) is 17.0 Å². The van der Waals surface area contributed by atoms with E-state index in [4.69, 9.17) is 11.6 Å². The molecule has 2 atom stereocenters. The normalized spacial score (nSPS) is 20.1. The molecule has 1 N–H and O–H groups in total. The van der Waals surface area contributed by atoms with Crippen LogP contribution in [0.1, 0.15) is 28.3 Å². The average molecular weight is 308 g/mol. The third-order valence-corrected chi connectivity index (χ3v) is 3.85. The largest absolute Gasteiger partial charge is 0.348 e. The molecule has 1 saturated carbocycles. The quantitative estimate of drug-likeness (QED) is 0.915. The van der Waals surface area contributed by atoms with E-state index in [1.165, 1.54) is 6.07 Å². The Morgan fingerprint density at radius 2 is 1.71 bits per heavy atom. The summed E-state index contributed by atoms with van der Waals surface area (Å²) in [7, 11) is 0.